The predicted octanol–water partition coefficient (Wildman–Crippen LogP) is 3.65. The lowest BCUT2D eigenvalue weighted by Crippen LogP contribution is -2.41. The molecule has 1 aliphatic heterocycles. The van der Waals surface area contributed by atoms with Crippen LogP contribution < -0.4 is 0 Å². The lowest BCUT2D eigenvalue weighted by atomic mass is 9.54. The molecule has 20 heavy (non-hydrogen) atoms. The van der Waals surface area contributed by atoms with Crippen molar-refractivity contribution in [2.75, 3.05) is 0 Å². The van der Waals surface area contributed by atoms with Gasteiger partial charge in [-0.3, -0.25) is 0 Å². The van der Waals surface area contributed by atoms with E-state index in [4.69, 9.17) is 14.6 Å². The van der Waals surface area contributed by atoms with E-state index >= 15 is 0 Å². The summed E-state index contributed by atoms with van der Waals surface area (Å²) in [5.74, 6) is 0.293. The molecule has 1 saturated heterocycles. The van der Waals surface area contributed by atoms with Gasteiger partial charge in [-0.1, -0.05) is 6.08 Å². The minimum Gasteiger partial charge on any atom is -0.400 e. The molecule has 3 aliphatic rings. The van der Waals surface area contributed by atoms with Gasteiger partial charge in [-0.25, -0.2) is 0 Å². The molecule has 0 bridgehead atoms. The Bertz CT molecular complexity index is 467. The molecule has 0 radical (unpaired) electrons. The third-order valence-corrected chi connectivity index (χ3v) is 5.84. The van der Waals surface area contributed by atoms with Crippen molar-refractivity contribution in [2.24, 2.45) is 11.3 Å². The van der Waals surface area contributed by atoms with Crippen LogP contribution in [0.4, 0.5) is 0 Å². The van der Waals surface area contributed by atoms with Crippen molar-refractivity contribution in [3.63, 3.8) is 0 Å². The van der Waals surface area contributed by atoms with Crippen LogP contribution in [-0.2, 0) is 9.31 Å². The minimum absolute atomic E-state index is 0.177. The maximum Gasteiger partial charge on any atom is 0.490 e. The monoisotopic (exact) mass is 273 g/mol. The highest BCUT2D eigenvalue weighted by Gasteiger charge is 2.53. The quantitative estimate of drug-likeness (QED) is 0.685. The standard InChI is InChI=1S/C16H24BNO2/c1-14(2)15(3,4)20-17(19-14)13-5-7-16(8-6-13)9-12(10-16)11-18/h5,12H,6-10H2,1-4H3. The van der Waals surface area contributed by atoms with Crippen molar-refractivity contribution in [3.8, 4) is 6.07 Å². The van der Waals surface area contributed by atoms with Gasteiger partial charge >= 0.3 is 7.12 Å². The predicted molar refractivity (Wildman–Crippen MR) is 78.8 cm³/mol. The van der Waals surface area contributed by atoms with E-state index in [1.165, 1.54) is 11.9 Å². The summed E-state index contributed by atoms with van der Waals surface area (Å²) in [5, 5.41) is 8.93. The zero-order valence-electron chi connectivity index (χ0n) is 13.0. The highest BCUT2D eigenvalue weighted by molar-refractivity contribution is 6.54. The normalized spacial score (nSPS) is 38.2. The smallest absolute Gasteiger partial charge is 0.400 e. The van der Waals surface area contributed by atoms with Crippen molar-refractivity contribution in [2.45, 2.75) is 71.0 Å². The largest absolute Gasteiger partial charge is 0.490 e. The van der Waals surface area contributed by atoms with E-state index in [0.29, 0.717) is 11.3 Å². The van der Waals surface area contributed by atoms with Gasteiger partial charge in [0.25, 0.3) is 0 Å². The summed E-state index contributed by atoms with van der Waals surface area (Å²) in [5.41, 5.74) is 1.20. The number of hydrogen-bond acceptors (Lipinski definition) is 3. The van der Waals surface area contributed by atoms with Crippen molar-refractivity contribution in [1.29, 1.82) is 5.26 Å². The van der Waals surface area contributed by atoms with E-state index in [9.17, 15) is 0 Å². The molecule has 2 fully saturated rings. The molecule has 0 atom stereocenters. The lowest BCUT2D eigenvalue weighted by molar-refractivity contribution is 0.00578. The Hall–Kier alpha value is -0.785. The number of nitriles is 1. The first-order chi connectivity index (χ1) is 9.27. The second-order valence-corrected chi connectivity index (χ2v) is 7.81. The molecule has 3 rings (SSSR count). The second kappa shape index (κ2) is 4.35. The van der Waals surface area contributed by atoms with Crippen LogP contribution in [0.5, 0.6) is 0 Å². The van der Waals surface area contributed by atoms with Gasteiger partial charge in [0.1, 0.15) is 0 Å². The average Bonchev–Trinajstić information content (AvgIpc) is 2.55. The van der Waals surface area contributed by atoms with E-state index in [-0.39, 0.29) is 18.3 Å². The summed E-state index contributed by atoms with van der Waals surface area (Å²) in [6, 6.07) is 2.39. The summed E-state index contributed by atoms with van der Waals surface area (Å²) < 4.78 is 12.2. The number of hydrogen-bond donors (Lipinski definition) is 0. The summed E-state index contributed by atoms with van der Waals surface area (Å²) in [6.07, 6.45) is 7.80. The van der Waals surface area contributed by atoms with Gasteiger partial charge in [-0.05, 0) is 70.7 Å². The first-order valence-corrected chi connectivity index (χ1v) is 7.71. The van der Waals surface area contributed by atoms with Crippen LogP contribution >= 0.6 is 0 Å². The van der Waals surface area contributed by atoms with Gasteiger partial charge in [0.05, 0.1) is 17.3 Å². The maximum absolute atomic E-state index is 8.93. The highest BCUT2D eigenvalue weighted by Crippen LogP contribution is 2.54. The van der Waals surface area contributed by atoms with Crippen LogP contribution in [0.25, 0.3) is 0 Å². The SMILES string of the molecule is CC1(C)OB(C2=CCC3(CC2)CC(C#N)C3)OC1(C)C. The van der Waals surface area contributed by atoms with Crippen molar-refractivity contribution >= 4 is 7.12 Å². The Morgan fingerprint density at radius 2 is 1.80 bits per heavy atom. The van der Waals surface area contributed by atoms with Gasteiger partial charge in [-0.15, -0.1) is 0 Å². The van der Waals surface area contributed by atoms with Crippen LogP contribution in [0.15, 0.2) is 11.5 Å². The number of rotatable bonds is 1. The summed E-state index contributed by atoms with van der Waals surface area (Å²) in [4.78, 5) is 0. The van der Waals surface area contributed by atoms with Crippen molar-refractivity contribution in [3.05, 3.63) is 11.5 Å². The fourth-order valence-electron chi connectivity index (χ4n) is 3.62. The van der Waals surface area contributed by atoms with E-state index in [2.05, 4.69) is 39.8 Å². The Morgan fingerprint density at radius 1 is 1.20 bits per heavy atom. The Morgan fingerprint density at radius 3 is 2.25 bits per heavy atom. The van der Waals surface area contributed by atoms with Gasteiger partial charge in [0, 0.05) is 5.92 Å². The molecule has 4 heteroatoms. The van der Waals surface area contributed by atoms with E-state index < -0.39 is 0 Å². The number of nitrogens with zero attached hydrogens (tertiary/aromatic N) is 1. The Labute approximate surface area is 122 Å². The molecule has 0 aromatic carbocycles. The van der Waals surface area contributed by atoms with Crippen molar-refractivity contribution < 1.29 is 9.31 Å². The minimum atomic E-state index is -0.254. The zero-order chi connectivity index (χ0) is 14.6. The molecule has 1 spiro atoms. The maximum atomic E-state index is 8.93. The molecule has 108 valence electrons. The second-order valence-electron chi connectivity index (χ2n) is 7.81. The van der Waals surface area contributed by atoms with Crippen molar-refractivity contribution in [1.82, 2.24) is 0 Å². The van der Waals surface area contributed by atoms with Gasteiger partial charge in [0.15, 0.2) is 0 Å². The van der Waals surface area contributed by atoms with Crippen LogP contribution in [0, 0.1) is 22.7 Å². The van der Waals surface area contributed by atoms with E-state index in [0.717, 1.165) is 25.7 Å². The van der Waals surface area contributed by atoms with Crippen LogP contribution in [-0.4, -0.2) is 18.3 Å². The molecule has 0 amide bonds. The molecule has 0 N–H and O–H groups in total. The van der Waals surface area contributed by atoms with Crippen LogP contribution in [0.1, 0.15) is 59.8 Å². The van der Waals surface area contributed by atoms with Crippen LogP contribution in [0.3, 0.4) is 0 Å². The molecule has 3 nitrogen and oxygen atoms in total. The Balaban J connectivity index is 1.66. The fourth-order valence-corrected chi connectivity index (χ4v) is 3.62. The third kappa shape index (κ3) is 2.12. The zero-order valence-corrected chi connectivity index (χ0v) is 13.0. The first-order valence-electron chi connectivity index (χ1n) is 7.71. The van der Waals surface area contributed by atoms with E-state index in [1.807, 2.05) is 0 Å². The number of allylic oxidation sites excluding steroid dienone is 2. The molecule has 0 aromatic heterocycles. The summed E-state index contributed by atoms with van der Waals surface area (Å²) in [6.45, 7) is 8.39. The molecule has 2 aliphatic carbocycles. The van der Waals surface area contributed by atoms with Crippen LogP contribution in [0.2, 0.25) is 0 Å². The summed E-state index contributed by atoms with van der Waals surface area (Å²) >= 11 is 0. The first kappa shape index (κ1) is 14.2. The average molecular weight is 273 g/mol. The van der Waals surface area contributed by atoms with E-state index in [1.54, 1.807) is 0 Å². The van der Waals surface area contributed by atoms with Gasteiger partial charge < -0.3 is 9.31 Å². The summed E-state index contributed by atoms with van der Waals surface area (Å²) in [7, 11) is -0.177. The molecule has 0 unspecified atom stereocenters. The molecule has 0 aromatic rings. The topological polar surface area (TPSA) is 42.2 Å². The molecule has 1 saturated carbocycles. The third-order valence-electron chi connectivity index (χ3n) is 5.84. The molecular weight excluding hydrogens is 249 g/mol. The van der Waals surface area contributed by atoms with Gasteiger partial charge in [0.2, 0.25) is 0 Å². The molecular formula is C16H24BNO2. The fraction of sp³-hybridized carbons (Fsp3) is 0.812. The lowest BCUT2D eigenvalue weighted by Gasteiger charge is -2.47. The Kier molecular flexibility index (Phi) is 3.08. The highest BCUT2D eigenvalue weighted by atomic mass is 16.7. The van der Waals surface area contributed by atoms with Gasteiger partial charge in [-0.2, -0.15) is 5.26 Å². The molecule has 1 heterocycles.